The third-order valence-corrected chi connectivity index (χ3v) is 1.52. The van der Waals surface area contributed by atoms with Crippen molar-refractivity contribution in [3.8, 4) is 0 Å². The van der Waals surface area contributed by atoms with Crippen molar-refractivity contribution in [2.24, 2.45) is 17.8 Å². The van der Waals surface area contributed by atoms with E-state index in [1.165, 1.54) is 6.33 Å². The van der Waals surface area contributed by atoms with Crippen molar-refractivity contribution in [3.05, 3.63) is 80.2 Å². The summed E-state index contributed by atoms with van der Waals surface area (Å²) >= 11 is 0. The summed E-state index contributed by atoms with van der Waals surface area (Å²) in [5.74, 6) is 2.50. The van der Waals surface area contributed by atoms with Crippen LogP contribution in [0.5, 0.6) is 0 Å². The fraction of sp³-hybridized carbons (Fsp3) is 0.581. The highest BCUT2D eigenvalue weighted by molar-refractivity contribution is 4.88. The van der Waals surface area contributed by atoms with Crippen molar-refractivity contribution in [2.75, 3.05) is 0 Å². The molecule has 0 N–H and O–H groups in total. The van der Waals surface area contributed by atoms with Gasteiger partial charge in [-0.05, 0) is 36.0 Å². The van der Waals surface area contributed by atoms with E-state index in [1.807, 2.05) is 59.7 Å². The maximum Gasteiger partial charge on any atom is 0.115 e. The van der Waals surface area contributed by atoms with E-state index in [4.69, 9.17) is 0 Å². The molecule has 36 heavy (non-hydrogen) atoms. The van der Waals surface area contributed by atoms with Gasteiger partial charge < -0.3 is 0 Å². The van der Waals surface area contributed by atoms with Gasteiger partial charge in [-0.3, -0.25) is 15.0 Å². The Morgan fingerprint density at radius 2 is 0.528 bits per heavy atom. The van der Waals surface area contributed by atoms with E-state index in [1.54, 1.807) is 55.6 Å². The number of aromatic nitrogens is 5. The van der Waals surface area contributed by atoms with E-state index >= 15 is 0 Å². The van der Waals surface area contributed by atoms with Crippen LogP contribution in [0.3, 0.4) is 0 Å². The zero-order chi connectivity index (χ0) is 29.5. The Morgan fingerprint density at radius 1 is 0.306 bits per heavy atom. The first-order chi connectivity index (χ1) is 17.2. The molecule has 0 atom stereocenters. The molecule has 0 unspecified atom stereocenters. The van der Waals surface area contributed by atoms with Crippen molar-refractivity contribution in [3.63, 3.8) is 0 Å². The van der Waals surface area contributed by atoms with Gasteiger partial charge in [-0.25, -0.2) is 9.97 Å². The monoisotopic (exact) mass is 503 g/mol. The van der Waals surface area contributed by atoms with Gasteiger partial charge in [-0.15, -0.1) is 0 Å². The largest absolute Gasteiger partial charge is 0.265 e. The van der Waals surface area contributed by atoms with Gasteiger partial charge in [0, 0.05) is 49.6 Å². The lowest BCUT2D eigenvalue weighted by molar-refractivity contribution is 0.736. The second-order valence-corrected chi connectivity index (χ2v) is 8.02. The van der Waals surface area contributed by atoms with E-state index in [0.717, 1.165) is 17.8 Å². The average Bonchev–Trinajstić information content (AvgIpc) is 2.90. The molecule has 0 spiro atoms. The van der Waals surface area contributed by atoms with Crippen molar-refractivity contribution in [1.29, 1.82) is 0 Å². The van der Waals surface area contributed by atoms with Gasteiger partial charge in [0.15, 0.2) is 0 Å². The van der Waals surface area contributed by atoms with Gasteiger partial charge in [-0.2, -0.15) is 0 Å². The Kier molecular flexibility index (Phi) is 69.4. The standard InChI is InChI=1S/C5H5N.2C4H4N2.3C4H10.3C2H6/c1-2-4-6-5-3-1;1-2-6-4-3-5-1;1-2-5-4-6-3-1;3*1-4(2)3;3*1-2/h1-5H;2*1-4H;3*4H,1-3H3;3*1-2H3. The minimum absolute atomic E-state index is 0.833. The lowest BCUT2D eigenvalue weighted by atomic mass is 10.3. The molecule has 5 nitrogen and oxygen atoms in total. The number of hydrogen-bond donors (Lipinski definition) is 0. The highest BCUT2D eigenvalue weighted by Crippen LogP contribution is 1.82. The summed E-state index contributed by atoms with van der Waals surface area (Å²) in [4.78, 5) is 18.6. The Morgan fingerprint density at radius 3 is 0.611 bits per heavy atom. The molecule has 3 aromatic rings. The third kappa shape index (κ3) is 123. The third-order valence-electron chi connectivity index (χ3n) is 1.52. The highest BCUT2D eigenvalue weighted by atomic mass is 14.8. The molecule has 3 heterocycles. The van der Waals surface area contributed by atoms with Crippen molar-refractivity contribution >= 4 is 0 Å². The van der Waals surface area contributed by atoms with E-state index in [2.05, 4.69) is 87.2 Å². The summed E-state index contributed by atoms with van der Waals surface area (Å²) < 4.78 is 0. The predicted octanol–water partition coefficient (Wildman–Crippen LogP) is 10.1. The average molecular weight is 504 g/mol. The van der Waals surface area contributed by atoms with E-state index in [9.17, 15) is 0 Å². The van der Waals surface area contributed by atoms with Crippen LogP contribution in [0, 0.1) is 17.8 Å². The molecule has 0 saturated carbocycles. The normalized spacial score (nSPS) is 7.50. The Labute approximate surface area is 226 Å². The van der Waals surface area contributed by atoms with Crippen LogP contribution in [0.1, 0.15) is 104 Å². The number of nitrogens with zero attached hydrogens (tertiary/aromatic N) is 5. The minimum Gasteiger partial charge on any atom is -0.265 e. The van der Waals surface area contributed by atoms with Gasteiger partial charge in [0.25, 0.3) is 0 Å². The quantitative estimate of drug-likeness (QED) is 0.305. The van der Waals surface area contributed by atoms with Crippen LogP contribution in [-0.4, -0.2) is 24.9 Å². The summed E-state index contributed by atoms with van der Waals surface area (Å²) in [7, 11) is 0. The van der Waals surface area contributed by atoms with E-state index in [0.29, 0.717) is 0 Å². The van der Waals surface area contributed by atoms with Crippen LogP contribution in [-0.2, 0) is 0 Å². The van der Waals surface area contributed by atoms with E-state index in [-0.39, 0.29) is 0 Å². The number of rotatable bonds is 0. The van der Waals surface area contributed by atoms with Crippen LogP contribution in [0.2, 0.25) is 0 Å². The molecule has 0 bridgehead atoms. The van der Waals surface area contributed by atoms with Crippen molar-refractivity contribution in [2.45, 2.75) is 104 Å². The topological polar surface area (TPSA) is 64.5 Å². The fourth-order valence-corrected chi connectivity index (χ4v) is 0.819. The molecular formula is C31H61N5. The summed E-state index contributed by atoms with van der Waals surface area (Å²) in [6.07, 6.45) is 14.9. The first-order valence-corrected chi connectivity index (χ1v) is 13.4. The van der Waals surface area contributed by atoms with Gasteiger partial charge >= 0.3 is 0 Å². The maximum atomic E-state index is 3.78. The predicted molar refractivity (Wildman–Crippen MR) is 164 cm³/mol. The molecular weight excluding hydrogens is 442 g/mol. The molecule has 0 aliphatic carbocycles. The second kappa shape index (κ2) is 53.6. The lowest BCUT2D eigenvalue weighted by Gasteiger charge is -1.79. The summed E-state index contributed by atoms with van der Waals surface area (Å²) in [5, 5.41) is 0. The molecule has 0 fully saturated rings. The van der Waals surface area contributed by atoms with Gasteiger partial charge in [0.1, 0.15) is 6.33 Å². The number of pyridine rings is 1. The minimum atomic E-state index is 0.833. The molecule has 0 radical (unpaired) electrons. The van der Waals surface area contributed by atoms with Gasteiger partial charge in [0.2, 0.25) is 0 Å². The van der Waals surface area contributed by atoms with Crippen LogP contribution < -0.4 is 0 Å². The lowest BCUT2D eigenvalue weighted by Crippen LogP contribution is -1.66. The van der Waals surface area contributed by atoms with E-state index < -0.39 is 0 Å². The van der Waals surface area contributed by atoms with Crippen LogP contribution in [0.25, 0.3) is 0 Å². The fourth-order valence-electron chi connectivity index (χ4n) is 0.819. The molecule has 0 aliphatic rings. The van der Waals surface area contributed by atoms with Gasteiger partial charge in [0.05, 0.1) is 0 Å². The summed E-state index contributed by atoms with van der Waals surface area (Å²) in [6.45, 7) is 31.5. The Bertz CT molecular complexity index is 412. The molecule has 210 valence electrons. The molecule has 0 aromatic carbocycles. The van der Waals surface area contributed by atoms with Gasteiger partial charge in [-0.1, -0.05) is 110 Å². The summed E-state index contributed by atoms with van der Waals surface area (Å²) in [6, 6.07) is 7.49. The molecule has 0 saturated heterocycles. The molecule has 3 rings (SSSR count). The molecule has 3 aromatic heterocycles. The Hall–Kier alpha value is -2.69. The summed E-state index contributed by atoms with van der Waals surface area (Å²) in [5.41, 5.74) is 0. The van der Waals surface area contributed by atoms with Crippen molar-refractivity contribution in [1.82, 2.24) is 24.9 Å². The first kappa shape index (κ1) is 46.6. The smallest absolute Gasteiger partial charge is 0.115 e. The zero-order valence-corrected chi connectivity index (χ0v) is 26.5. The first-order valence-electron chi connectivity index (χ1n) is 13.4. The SMILES string of the molecule is CC.CC.CC.CC(C)C.CC(C)C.CC(C)C.c1ccncc1.c1cnccn1.c1cncnc1. The Balaban J connectivity index is -0.0000000727. The van der Waals surface area contributed by atoms with Crippen molar-refractivity contribution < 1.29 is 0 Å². The van der Waals surface area contributed by atoms with Crippen LogP contribution >= 0.6 is 0 Å². The maximum absolute atomic E-state index is 3.78. The van der Waals surface area contributed by atoms with Crippen LogP contribution in [0.4, 0.5) is 0 Å². The number of hydrogen-bond acceptors (Lipinski definition) is 5. The highest BCUT2D eigenvalue weighted by Gasteiger charge is 1.69. The molecule has 0 amide bonds. The second-order valence-electron chi connectivity index (χ2n) is 8.02. The molecule has 5 heteroatoms. The zero-order valence-electron chi connectivity index (χ0n) is 26.5. The molecule has 0 aliphatic heterocycles. The van der Waals surface area contributed by atoms with Crippen LogP contribution in [0.15, 0.2) is 80.2 Å².